The van der Waals surface area contributed by atoms with Crippen molar-refractivity contribution in [3.63, 3.8) is 0 Å². The maximum absolute atomic E-state index is 4.50. The number of nitrogens with one attached hydrogen (secondary N) is 1. The second kappa shape index (κ2) is 5.02. The van der Waals surface area contributed by atoms with Gasteiger partial charge in [0.15, 0.2) is 0 Å². The first-order valence-electron chi connectivity index (χ1n) is 5.90. The number of halogens is 2. The van der Waals surface area contributed by atoms with Crippen LogP contribution in [0.2, 0.25) is 0 Å². The Morgan fingerprint density at radius 3 is 2.67 bits per heavy atom. The number of nitrogens with zero attached hydrogens (tertiary/aromatic N) is 1. The number of rotatable bonds is 2. The van der Waals surface area contributed by atoms with Crippen LogP contribution in [-0.4, -0.2) is 4.98 Å². The lowest BCUT2D eigenvalue weighted by Gasteiger charge is -2.17. The van der Waals surface area contributed by atoms with Crippen LogP contribution >= 0.6 is 31.9 Å². The molecule has 0 bridgehead atoms. The van der Waals surface area contributed by atoms with Crippen molar-refractivity contribution in [3.8, 4) is 0 Å². The van der Waals surface area contributed by atoms with Gasteiger partial charge < -0.3 is 5.32 Å². The van der Waals surface area contributed by atoms with Gasteiger partial charge in [0.2, 0.25) is 0 Å². The van der Waals surface area contributed by atoms with Gasteiger partial charge >= 0.3 is 0 Å². The van der Waals surface area contributed by atoms with Crippen LogP contribution in [0, 0.1) is 0 Å². The van der Waals surface area contributed by atoms with Gasteiger partial charge in [-0.15, -0.1) is 0 Å². The molecule has 92 valence electrons. The third-order valence-electron chi connectivity index (χ3n) is 3.24. The standard InChI is InChI=1S/C14H12Br2N2/c15-10-4-1-5-11(16)14(10)18-12-7-6-9-3-2-8-17-13(9)12/h1-5,8,12,18H,6-7H2. The number of pyridine rings is 1. The molecule has 1 heterocycles. The summed E-state index contributed by atoms with van der Waals surface area (Å²) < 4.78 is 2.14. The van der Waals surface area contributed by atoms with Gasteiger partial charge in [-0.3, -0.25) is 4.98 Å². The second-order valence-electron chi connectivity index (χ2n) is 4.38. The molecule has 0 amide bonds. The average molecular weight is 368 g/mol. The molecule has 0 radical (unpaired) electrons. The van der Waals surface area contributed by atoms with Gasteiger partial charge in [0, 0.05) is 15.1 Å². The molecule has 1 atom stereocenters. The number of anilines is 1. The fourth-order valence-corrected chi connectivity index (χ4v) is 3.59. The molecule has 1 aliphatic rings. The number of para-hydroxylation sites is 1. The summed E-state index contributed by atoms with van der Waals surface area (Å²) in [6.07, 6.45) is 4.07. The van der Waals surface area contributed by atoms with Crippen molar-refractivity contribution in [1.29, 1.82) is 0 Å². The fourth-order valence-electron chi connectivity index (χ4n) is 2.36. The summed E-state index contributed by atoms with van der Waals surface area (Å²) in [4.78, 5) is 4.50. The van der Waals surface area contributed by atoms with E-state index in [4.69, 9.17) is 0 Å². The number of aromatic nitrogens is 1. The molecule has 4 heteroatoms. The molecule has 18 heavy (non-hydrogen) atoms. The van der Waals surface area contributed by atoms with Gasteiger partial charge in [0.25, 0.3) is 0 Å². The van der Waals surface area contributed by atoms with Crippen LogP contribution in [0.3, 0.4) is 0 Å². The summed E-state index contributed by atoms with van der Waals surface area (Å²) in [5.41, 5.74) is 3.64. The molecule has 0 spiro atoms. The van der Waals surface area contributed by atoms with Crippen molar-refractivity contribution in [2.75, 3.05) is 5.32 Å². The Kier molecular flexibility index (Phi) is 3.39. The molecule has 0 saturated carbocycles. The molecular formula is C14H12Br2N2. The van der Waals surface area contributed by atoms with Gasteiger partial charge in [-0.2, -0.15) is 0 Å². The Balaban J connectivity index is 1.91. The van der Waals surface area contributed by atoms with Crippen molar-refractivity contribution >= 4 is 37.5 Å². The summed E-state index contributed by atoms with van der Waals surface area (Å²) in [7, 11) is 0. The first-order valence-corrected chi connectivity index (χ1v) is 7.48. The smallest absolute Gasteiger partial charge is 0.0692 e. The van der Waals surface area contributed by atoms with Crippen molar-refractivity contribution in [3.05, 3.63) is 56.7 Å². The molecule has 2 aromatic rings. The summed E-state index contributed by atoms with van der Waals surface area (Å²) in [6, 6.07) is 10.6. The highest BCUT2D eigenvalue weighted by atomic mass is 79.9. The number of fused-ring (bicyclic) bond motifs is 1. The SMILES string of the molecule is Brc1cccc(Br)c1NC1CCc2cccnc21. The normalized spacial score (nSPS) is 17.6. The van der Waals surface area contributed by atoms with E-state index in [1.165, 1.54) is 11.3 Å². The molecule has 2 nitrogen and oxygen atoms in total. The lowest BCUT2D eigenvalue weighted by molar-refractivity contribution is 0.745. The average Bonchev–Trinajstić information content (AvgIpc) is 2.77. The zero-order chi connectivity index (χ0) is 12.5. The Labute approximate surface area is 123 Å². The van der Waals surface area contributed by atoms with Crippen LogP contribution in [0.5, 0.6) is 0 Å². The summed E-state index contributed by atoms with van der Waals surface area (Å²) >= 11 is 7.16. The van der Waals surface area contributed by atoms with Gasteiger partial charge in [0.1, 0.15) is 0 Å². The molecule has 0 saturated heterocycles. The number of aryl methyl sites for hydroxylation is 1. The molecule has 1 aromatic heterocycles. The molecule has 0 fully saturated rings. The molecule has 1 unspecified atom stereocenters. The van der Waals surface area contributed by atoms with Crippen LogP contribution < -0.4 is 5.32 Å². The van der Waals surface area contributed by atoms with E-state index >= 15 is 0 Å². The Morgan fingerprint density at radius 1 is 1.11 bits per heavy atom. The third kappa shape index (κ3) is 2.19. The van der Waals surface area contributed by atoms with E-state index < -0.39 is 0 Å². The Hall–Kier alpha value is -0.870. The van der Waals surface area contributed by atoms with E-state index in [0.29, 0.717) is 6.04 Å². The summed E-state index contributed by atoms with van der Waals surface area (Å²) in [5, 5.41) is 3.58. The summed E-state index contributed by atoms with van der Waals surface area (Å²) in [5.74, 6) is 0. The van der Waals surface area contributed by atoms with E-state index in [2.05, 4.69) is 48.2 Å². The third-order valence-corrected chi connectivity index (χ3v) is 4.56. The lowest BCUT2D eigenvalue weighted by Crippen LogP contribution is -2.09. The van der Waals surface area contributed by atoms with Crippen LogP contribution in [0.4, 0.5) is 5.69 Å². The van der Waals surface area contributed by atoms with Gasteiger partial charge in [-0.1, -0.05) is 12.1 Å². The van der Waals surface area contributed by atoms with Crippen molar-refractivity contribution in [2.45, 2.75) is 18.9 Å². The first kappa shape index (κ1) is 12.2. The van der Waals surface area contributed by atoms with Crippen LogP contribution in [0.25, 0.3) is 0 Å². The Morgan fingerprint density at radius 2 is 1.89 bits per heavy atom. The van der Waals surface area contributed by atoms with E-state index in [9.17, 15) is 0 Å². The van der Waals surface area contributed by atoms with Crippen LogP contribution in [0.1, 0.15) is 23.7 Å². The van der Waals surface area contributed by atoms with E-state index in [1.807, 2.05) is 30.5 Å². The monoisotopic (exact) mass is 366 g/mol. The van der Waals surface area contributed by atoms with E-state index in [0.717, 1.165) is 27.5 Å². The zero-order valence-corrected chi connectivity index (χ0v) is 12.8. The summed E-state index contributed by atoms with van der Waals surface area (Å²) in [6.45, 7) is 0. The van der Waals surface area contributed by atoms with Crippen molar-refractivity contribution in [1.82, 2.24) is 4.98 Å². The second-order valence-corrected chi connectivity index (χ2v) is 6.09. The first-order chi connectivity index (χ1) is 8.75. The molecule has 1 aromatic carbocycles. The quantitative estimate of drug-likeness (QED) is 0.831. The largest absolute Gasteiger partial charge is 0.375 e. The minimum atomic E-state index is 0.302. The minimum Gasteiger partial charge on any atom is -0.375 e. The number of benzene rings is 1. The van der Waals surface area contributed by atoms with Crippen LogP contribution in [-0.2, 0) is 6.42 Å². The van der Waals surface area contributed by atoms with E-state index in [-0.39, 0.29) is 0 Å². The highest BCUT2D eigenvalue weighted by Gasteiger charge is 2.24. The lowest BCUT2D eigenvalue weighted by atomic mass is 10.2. The van der Waals surface area contributed by atoms with Crippen molar-refractivity contribution in [2.24, 2.45) is 0 Å². The molecule has 1 aliphatic carbocycles. The molecular weight excluding hydrogens is 356 g/mol. The minimum absolute atomic E-state index is 0.302. The molecule has 3 rings (SSSR count). The van der Waals surface area contributed by atoms with Crippen molar-refractivity contribution < 1.29 is 0 Å². The maximum atomic E-state index is 4.50. The van der Waals surface area contributed by atoms with Gasteiger partial charge in [-0.25, -0.2) is 0 Å². The van der Waals surface area contributed by atoms with Gasteiger partial charge in [-0.05, 0) is 68.5 Å². The predicted molar refractivity (Wildman–Crippen MR) is 80.8 cm³/mol. The zero-order valence-electron chi connectivity index (χ0n) is 9.66. The number of hydrogen-bond donors (Lipinski definition) is 1. The number of hydrogen-bond acceptors (Lipinski definition) is 2. The fraction of sp³-hybridized carbons (Fsp3) is 0.214. The van der Waals surface area contributed by atoms with Gasteiger partial charge in [0.05, 0.1) is 17.4 Å². The topological polar surface area (TPSA) is 24.9 Å². The predicted octanol–water partition coefficient (Wildman–Crippen LogP) is 4.71. The maximum Gasteiger partial charge on any atom is 0.0692 e. The highest BCUT2D eigenvalue weighted by molar-refractivity contribution is 9.11. The molecule has 1 N–H and O–H groups in total. The van der Waals surface area contributed by atoms with E-state index in [1.54, 1.807) is 0 Å². The Bertz CT molecular complexity index is 564. The van der Waals surface area contributed by atoms with Crippen LogP contribution in [0.15, 0.2) is 45.5 Å². The molecule has 0 aliphatic heterocycles. The highest BCUT2D eigenvalue weighted by Crippen LogP contribution is 2.37.